The average Bonchev–Trinajstić information content (AvgIpc) is 2.71. The quantitative estimate of drug-likeness (QED) is 0.741. The van der Waals surface area contributed by atoms with E-state index in [9.17, 15) is 4.79 Å². The van der Waals surface area contributed by atoms with Gasteiger partial charge in [-0.1, -0.05) is 42.5 Å². The standard InChI is InChI=1S/C22H25NO3/c1-25-20-12-14-23(15-13-20)22(24)11-10-18-8-5-9-21(16-18)26-17-19-6-3-2-4-7-19/h2-11,16,20H,12-15,17H2,1H3/b11-10+. The highest BCUT2D eigenvalue weighted by molar-refractivity contribution is 5.91. The molecule has 0 N–H and O–H groups in total. The van der Waals surface area contributed by atoms with Crippen molar-refractivity contribution in [1.82, 2.24) is 4.90 Å². The summed E-state index contributed by atoms with van der Waals surface area (Å²) in [5, 5.41) is 0. The van der Waals surface area contributed by atoms with Gasteiger partial charge in [-0.25, -0.2) is 0 Å². The second-order valence-corrected chi connectivity index (χ2v) is 6.44. The van der Waals surface area contributed by atoms with Crippen molar-refractivity contribution in [1.29, 1.82) is 0 Å². The van der Waals surface area contributed by atoms with Crippen LogP contribution in [0.4, 0.5) is 0 Å². The van der Waals surface area contributed by atoms with Crippen LogP contribution in [0.3, 0.4) is 0 Å². The van der Waals surface area contributed by atoms with Gasteiger partial charge in [0.05, 0.1) is 6.10 Å². The maximum absolute atomic E-state index is 12.3. The molecule has 2 aromatic carbocycles. The van der Waals surface area contributed by atoms with Crippen LogP contribution in [0.2, 0.25) is 0 Å². The number of carbonyl (C=O) groups is 1. The van der Waals surface area contributed by atoms with Gasteiger partial charge in [0.25, 0.3) is 0 Å². The Hall–Kier alpha value is -2.59. The molecule has 1 amide bonds. The van der Waals surface area contributed by atoms with Gasteiger partial charge in [-0.2, -0.15) is 0 Å². The topological polar surface area (TPSA) is 38.8 Å². The summed E-state index contributed by atoms with van der Waals surface area (Å²) in [5.74, 6) is 0.847. The van der Waals surface area contributed by atoms with Crippen LogP contribution in [0.15, 0.2) is 60.7 Å². The van der Waals surface area contributed by atoms with Crippen molar-refractivity contribution < 1.29 is 14.3 Å². The number of hydrogen-bond acceptors (Lipinski definition) is 3. The first kappa shape index (κ1) is 18.2. The summed E-state index contributed by atoms with van der Waals surface area (Å²) in [6.45, 7) is 2.03. The molecule has 0 aromatic heterocycles. The molecule has 0 radical (unpaired) electrons. The molecule has 0 saturated carbocycles. The zero-order valence-electron chi connectivity index (χ0n) is 15.1. The molecule has 0 aliphatic carbocycles. The zero-order valence-corrected chi connectivity index (χ0v) is 15.1. The number of piperidine rings is 1. The number of amides is 1. The minimum Gasteiger partial charge on any atom is -0.489 e. The molecule has 0 atom stereocenters. The monoisotopic (exact) mass is 351 g/mol. The molecule has 2 aromatic rings. The third-order valence-electron chi connectivity index (χ3n) is 4.61. The van der Waals surface area contributed by atoms with Crippen LogP contribution in [-0.4, -0.2) is 37.1 Å². The van der Waals surface area contributed by atoms with Crippen LogP contribution in [0.5, 0.6) is 5.75 Å². The molecule has 136 valence electrons. The predicted molar refractivity (Wildman–Crippen MR) is 103 cm³/mol. The third kappa shape index (κ3) is 5.20. The highest BCUT2D eigenvalue weighted by atomic mass is 16.5. The van der Waals surface area contributed by atoms with E-state index >= 15 is 0 Å². The summed E-state index contributed by atoms with van der Waals surface area (Å²) in [6.07, 6.45) is 5.57. The van der Waals surface area contributed by atoms with Gasteiger partial charge in [0.2, 0.25) is 5.91 Å². The van der Waals surface area contributed by atoms with Crippen molar-refractivity contribution in [2.45, 2.75) is 25.6 Å². The van der Waals surface area contributed by atoms with Crippen molar-refractivity contribution in [2.24, 2.45) is 0 Å². The number of rotatable bonds is 6. The van der Waals surface area contributed by atoms with E-state index in [0.717, 1.165) is 42.8 Å². The maximum atomic E-state index is 12.3. The number of methoxy groups -OCH3 is 1. The first-order valence-electron chi connectivity index (χ1n) is 9.01. The minimum absolute atomic E-state index is 0.0511. The first-order valence-corrected chi connectivity index (χ1v) is 9.01. The summed E-state index contributed by atoms with van der Waals surface area (Å²) in [6, 6.07) is 17.8. The van der Waals surface area contributed by atoms with Crippen LogP contribution in [-0.2, 0) is 16.1 Å². The number of benzene rings is 2. The van der Waals surface area contributed by atoms with E-state index in [1.165, 1.54) is 0 Å². The fourth-order valence-corrected chi connectivity index (χ4v) is 3.03. The van der Waals surface area contributed by atoms with E-state index in [-0.39, 0.29) is 12.0 Å². The molecule has 0 spiro atoms. The molecule has 1 fully saturated rings. The van der Waals surface area contributed by atoms with Crippen molar-refractivity contribution in [2.75, 3.05) is 20.2 Å². The second kappa shape index (κ2) is 9.20. The lowest BCUT2D eigenvalue weighted by atomic mass is 10.1. The molecule has 1 aliphatic rings. The van der Waals surface area contributed by atoms with Gasteiger partial charge in [0, 0.05) is 26.3 Å². The van der Waals surface area contributed by atoms with Crippen molar-refractivity contribution in [3.05, 3.63) is 71.8 Å². The number of nitrogens with zero attached hydrogens (tertiary/aromatic N) is 1. The molecule has 1 aliphatic heterocycles. The SMILES string of the molecule is COC1CCN(C(=O)/C=C/c2cccc(OCc3ccccc3)c2)CC1. The van der Waals surface area contributed by atoms with Crippen molar-refractivity contribution in [3.63, 3.8) is 0 Å². The first-order chi connectivity index (χ1) is 12.7. The Balaban J connectivity index is 1.54. The Morgan fingerprint density at radius 3 is 2.62 bits per heavy atom. The fraction of sp³-hybridized carbons (Fsp3) is 0.318. The molecule has 0 unspecified atom stereocenters. The van der Waals surface area contributed by atoms with Gasteiger partial charge in [-0.15, -0.1) is 0 Å². The summed E-state index contributed by atoms with van der Waals surface area (Å²) in [7, 11) is 1.73. The lowest BCUT2D eigenvalue weighted by Gasteiger charge is -2.30. The van der Waals surface area contributed by atoms with Gasteiger partial charge in [-0.3, -0.25) is 4.79 Å². The average molecular weight is 351 g/mol. The number of hydrogen-bond donors (Lipinski definition) is 0. The van der Waals surface area contributed by atoms with Crippen LogP contribution >= 0.6 is 0 Å². The largest absolute Gasteiger partial charge is 0.489 e. The lowest BCUT2D eigenvalue weighted by Crippen LogP contribution is -2.39. The highest BCUT2D eigenvalue weighted by Crippen LogP contribution is 2.17. The fourth-order valence-electron chi connectivity index (χ4n) is 3.03. The Morgan fingerprint density at radius 2 is 1.88 bits per heavy atom. The van der Waals surface area contributed by atoms with Crippen molar-refractivity contribution >= 4 is 12.0 Å². The van der Waals surface area contributed by atoms with Crippen LogP contribution in [0, 0.1) is 0 Å². The summed E-state index contributed by atoms with van der Waals surface area (Å²) in [4.78, 5) is 14.2. The predicted octanol–water partition coefficient (Wildman–Crippen LogP) is 3.92. The Bertz CT molecular complexity index is 734. The molecular formula is C22H25NO3. The molecule has 0 bridgehead atoms. The van der Waals surface area contributed by atoms with E-state index in [1.54, 1.807) is 13.2 Å². The summed E-state index contributed by atoms with van der Waals surface area (Å²) in [5.41, 5.74) is 2.08. The smallest absolute Gasteiger partial charge is 0.246 e. The Morgan fingerprint density at radius 1 is 1.12 bits per heavy atom. The summed E-state index contributed by atoms with van der Waals surface area (Å²) >= 11 is 0. The van der Waals surface area contributed by atoms with E-state index in [1.807, 2.05) is 65.6 Å². The molecule has 1 saturated heterocycles. The molecule has 4 nitrogen and oxygen atoms in total. The third-order valence-corrected chi connectivity index (χ3v) is 4.61. The minimum atomic E-state index is 0.0511. The van der Waals surface area contributed by atoms with Gasteiger partial charge in [-0.05, 0) is 42.2 Å². The number of likely N-dealkylation sites (tertiary alicyclic amines) is 1. The Kier molecular flexibility index (Phi) is 6.45. The van der Waals surface area contributed by atoms with Gasteiger partial charge in [0.1, 0.15) is 12.4 Å². The van der Waals surface area contributed by atoms with Gasteiger partial charge >= 0.3 is 0 Å². The molecule has 4 heteroatoms. The van der Waals surface area contributed by atoms with E-state index in [2.05, 4.69) is 0 Å². The highest BCUT2D eigenvalue weighted by Gasteiger charge is 2.20. The maximum Gasteiger partial charge on any atom is 0.246 e. The van der Waals surface area contributed by atoms with Crippen molar-refractivity contribution in [3.8, 4) is 5.75 Å². The number of carbonyl (C=O) groups excluding carboxylic acids is 1. The zero-order chi connectivity index (χ0) is 18.2. The van der Waals surface area contributed by atoms with E-state index < -0.39 is 0 Å². The van der Waals surface area contributed by atoms with E-state index in [0.29, 0.717) is 6.61 Å². The van der Waals surface area contributed by atoms with E-state index in [4.69, 9.17) is 9.47 Å². The van der Waals surface area contributed by atoms with Gasteiger partial charge in [0.15, 0.2) is 0 Å². The van der Waals surface area contributed by atoms with Crippen LogP contribution in [0.1, 0.15) is 24.0 Å². The molecule has 1 heterocycles. The normalized spacial score (nSPS) is 15.3. The molecule has 26 heavy (non-hydrogen) atoms. The lowest BCUT2D eigenvalue weighted by molar-refractivity contribution is -0.128. The Labute approximate surface area is 155 Å². The number of ether oxygens (including phenoxy) is 2. The molecule has 3 rings (SSSR count). The summed E-state index contributed by atoms with van der Waals surface area (Å²) < 4.78 is 11.2. The van der Waals surface area contributed by atoms with Crippen LogP contribution < -0.4 is 4.74 Å². The van der Waals surface area contributed by atoms with Gasteiger partial charge < -0.3 is 14.4 Å². The second-order valence-electron chi connectivity index (χ2n) is 6.44. The van der Waals surface area contributed by atoms with Crippen LogP contribution in [0.25, 0.3) is 6.08 Å². The molecular weight excluding hydrogens is 326 g/mol.